The molecule has 0 radical (unpaired) electrons. The molecule has 0 spiro atoms. The van der Waals surface area contributed by atoms with Crippen molar-refractivity contribution >= 4 is 22.6 Å². The van der Waals surface area contributed by atoms with Gasteiger partial charge in [0.15, 0.2) is 12.7 Å². The van der Waals surface area contributed by atoms with Gasteiger partial charge in [-0.25, -0.2) is 4.79 Å². The highest BCUT2D eigenvalue weighted by Gasteiger charge is 2.17. The number of fused-ring (bicyclic) bond motifs is 1. The van der Waals surface area contributed by atoms with Crippen molar-refractivity contribution in [1.82, 2.24) is 5.32 Å². The number of benzene rings is 3. The Bertz CT molecular complexity index is 924. The molecule has 3 rings (SSSR count). The van der Waals surface area contributed by atoms with Crippen molar-refractivity contribution in [2.24, 2.45) is 0 Å². The van der Waals surface area contributed by atoms with Gasteiger partial charge in [-0.05, 0) is 35.4 Å². The maximum absolute atomic E-state index is 12.0. The van der Waals surface area contributed by atoms with Crippen molar-refractivity contribution < 1.29 is 19.1 Å². The number of amides is 1. The number of nitrogens with one attached hydrogen (secondary N) is 1. The average molecular weight is 363 g/mol. The smallest absolute Gasteiger partial charge is 0.344 e. The monoisotopic (exact) mass is 363 g/mol. The fourth-order valence-electron chi connectivity index (χ4n) is 2.61. The van der Waals surface area contributed by atoms with Gasteiger partial charge in [-0.2, -0.15) is 0 Å². The SMILES string of the molecule is C[C@@H](OC(=O)COc1ccc2ccccc2c1)C(=O)NCc1ccccc1. The van der Waals surface area contributed by atoms with Gasteiger partial charge in [0, 0.05) is 6.54 Å². The van der Waals surface area contributed by atoms with E-state index in [1.807, 2.05) is 66.7 Å². The van der Waals surface area contributed by atoms with E-state index in [1.54, 1.807) is 6.07 Å². The van der Waals surface area contributed by atoms with E-state index < -0.39 is 12.1 Å². The van der Waals surface area contributed by atoms with Gasteiger partial charge in [0.2, 0.25) is 0 Å². The second-order valence-electron chi connectivity index (χ2n) is 6.13. The van der Waals surface area contributed by atoms with E-state index in [9.17, 15) is 9.59 Å². The average Bonchev–Trinajstić information content (AvgIpc) is 2.71. The van der Waals surface area contributed by atoms with Crippen LogP contribution in [0, 0.1) is 0 Å². The highest BCUT2D eigenvalue weighted by atomic mass is 16.6. The van der Waals surface area contributed by atoms with Gasteiger partial charge < -0.3 is 14.8 Å². The molecule has 1 N–H and O–H groups in total. The molecule has 1 atom stereocenters. The summed E-state index contributed by atoms with van der Waals surface area (Å²) >= 11 is 0. The van der Waals surface area contributed by atoms with E-state index in [1.165, 1.54) is 6.92 Å². The Balaban J connectivity index is 1.45. The largest absolute Gasteiger partial charge is 0.482 e. The molecule has 3 aromatic carbocycles. The number of rotatable bonds is 7. The Hall–Kier alpha value is -3.34. The van der Waals surface area contributed by atoms with Crippen LogP contribution in [0.5, 0.6) is 5.75 Å². The van der Waals surface area contributed by atoms with Crippen LogP contribution in [0.2, 0.25) is 0 Å². The number of hydrogen-bond donors (Lipinski definition) is 1. The molecule has 27 heavy (non-hydrogen) atoms. The lowest BCUT2D eigenvalue weighted by atomic mass is 10.1. The van der Waals surface area contributed by atoms with Gasteiger partial charge in [-0.15, -0.1) is 0 Å². The minimum Gasteiger partial charge on any atom is -0.482 e. The van der Waals surface area contributed by atoms with Gasteiger partial charge in [0.1, 0.15) is 5.75 Å². The van der Waals surface area contributed by atoms with Gasteiger partial charge in [0.25, 0.3) is 5.91 Å². The molecule has 0 saturated carbocycles. The van der Waals surface area contributed by atoms with E-state index in [-0.39, 0.29) is 12.5 Å². The van der Waals surface area contributed by atoms with Crippen molar-refractivity contribution in [1.29, 1.82) is 0 Å². The van der Waals surface area contributed by atoms with Crippen LogP contribution in [-0.4, -0.2) is 24.6 Å². The molecule has 0 saturated heterocycles. The fourth-order valence-corrected chi connectivity index (χ4v) is 2.61. The molecule has 0 heterocycles. The van der Waals surface area contributed by atoms with E-state index in [0.717, 1.165) is 16.3 Å². The van der Waals surface area contributed by atoms with E-state index in [4.69, 9.17) is 9.47 Å². The van der Waals surface area contributed by atoms with Gasteiger partial charge in [-0.1, -0.05) is 60.7 Å². The van der Waals surface area contributed by atoms with E-state index in [0.29, 0.717) is 12.3 Å². The zero-order valence-electron chi connectivity index (χ0n) is 15.1. The van der Waals surface area contributed by atoms with Crippen LogP contribution >= 0.6 is 0 Å². The highest BCUT2D eigenvalue weighted by molar-refractivity contribution is 5.84. The first-order chi connectivity index (χ1) is 13.1. The van der Waals surface area contributed by atoms with Crippen molar-refractivity contribution in [2.45, 2.75) is 19.6 Å². The van der Waals surface area contributed by atoms with Gasteiger partial charge >= 0.3 is 5.97 Å². The second kappa shape index (κ2) is 8.85. The van der Waals surface area contributed by atoms with E-state index in [2.05, 4.69) is 5.32 Å². The van der Waals surface area contributed by atoms with Crippen molar-refractivity contribution in [2.75, 3.05) is 6.61 Å². The zero-order chi connectivity index (χ0) is 19.1. The normalized spacial score (nSPS) is 11.6. The summed E-state index contributed by atoms with van der Waals surface area (Å²) in [4.78, 5) is 24.0. The van der Waals surface area contributed by atoms with E-state index >= 15 is 0 Å². The molecule has 1 amide bonds. The molecule has 0 aliphatic carbocycles. The molecule has 0 unspecified atom stereocenters. The van der Waals surface area contributed by atoms with Crippen LogP contribution in [0.3, 0.4) is 0 Å². The molecule has 3 aromatic rings. The molecule has 5 nitrogen and oxygen atoms in total. The topological polar surface area (TPSA) is 64.6 Å². The van der Waals surface area contributed by atoms with Crippen LogP contribution in [0.15, 0.2) is 72.8 Å². The first kappa shape index (κ1) is 18.5. The molecule has 138 valence electrons. The standard InChI is InChI=1S/C22H21NO4/c1-16(22(25)23-14-17-7-3-2-4-8-17)27-21(24)15-26-20-12-11-18-9-5-6-10-19(18)13-20/h2-13,16H,14-15H2,1H3,(H,23,25)/t16-/m1/s1. The molecule has 0 fully saturated rings. The number of ether oxygens (including phenoxy) is 2. The van der Waals surface area contributed by atoms with Gasteiger partial charge in [-0.3, -0.25) is 4.79 Å². The summed E-state index contributed by atoms with van der Waals surface area (Å²) in [5.74, 6) is -0.365. The Kier molecular flexibility index (Phi) is 6.05. The number of hydrogen-bond acceptors (Lipinski definition) is 4. The highest BCUT2D eigenvalue weighted by Crippen LogP contribution is 2.20. The third kappa shape index (κ3) is 5.31. The minimum absolute atomic E-state index is 0.255. The molecule has 0 aromatic heterocycles. The van der Waals surface area contributed by atoms with Crippen LogP contribution in [0.4, 0.5) is 0 Å². The summed E-state index contributed by atoms with van der Waals surface area (Å²) in [7, 11) is 0. The summed E-state index contributed by atoms with van der Waals surface area (Å²) in [6.45, 7) is 1.66. The lowest BCUT2D eigenvalue weighted by Gasteiger charge is -2.14. The lowest BCUT2D eigenvalue weighted by Crippen LogP contribution is -2.36. The predicted molar refractivity (Wildman–Crippen MR) is 103 cm³/mol. The second-order valence-corrected chi connectivity index (χ2v) is 6.13. The fraction of sp³-hybridized carbons (Fsp3) is 0.182. The number of carbonyl (C=O) groups excluding carboxylic acids is 2. The van der Waals surface area contributed by atoms with Crippen molar-refractivity contribution in [3.05, 3.63) is 78.4 Å². The maximum Gasteiger partial charge on any atom is 0.344 e. The third-order valence-electron chi connectivity index (χ3n) is 4.06. The molecule has 0 aliphatic heterocycles. The van der Waals surface area contributed by atoms with Crippen LogP contribution in [0.25, 0.3) is 10.8 Å². The summed E-state index contributed by atoms with van der Waals surface area (Å²) in [5.41, 5.74) is 0.976. The van der Waals surface area contributed by atoms with Crippen molar-refractivity contribution in [3.8, 4) is 5.75 Å². The van der Waals surface area contributed by atoms with Gasteiger partial charge in [0.05, 0.1) is 0 Å². The number of carbonyl (C=O) groups is 2. The van der Waals surface area contributed by atoms with Crippen LogP contribution in [-0.2, 0) is 20.9 Å². The Labute approximate surface area is 157 Å². The summed E-state index contributed by atoms with van der Waals surface area (Å²) in [6, 6.07) is 23.0. The third-order valence-corrected chi connectivity index (χ3v) is 4.06. The maximum atomic E-state index is 12.0. The molecule has 5 heteroatoms. The predicted octanol–water partition coefficient (Wildman–Crippen LogP) is 3.47. The molecule has 0 aliphatic rings. The number of esters is 1. The van der Waals surface area contributed by atoms with Crippen LogP contribution in [0.1, 0.15) is 12.5 Å². The van der Waals surface area contributed by atoms with Crippen LogP contribution < -0.4 is 10.1 Å². The van der Waals surface area contributed by atoms with Crippen molar-refractivity contribution in [3.63, 3.8) is 0 Å². The first-order valence-electron chi connectivity index (χ1n) is 8.74. The Morgan fingerprint density at radius 2 is 1.63 bits per heavy atom. The Morgan fingerprint density at radius 3 is 2.41 bits per heavy atom. The lowest BCUT2D eigenvalue weighted by molar-refractivity contribution is -0.156. The summed E-state index contributed by atoms with van der Waals surface area (Å²) < 4.78 is 10.6. The zero-order valence-corrected chi connectivity index (χ0v) is 15.1. The molecular weight excluding hydrogens is 342 g/mol. The Morgan fingerprint density at radius 1 is 0.926 bits per heavy atom. The molecule has 0 bridgehead atoms. The summed E-state index contributed by atoms with van der Waals surface area (Å²) in [6.07, 6.45) is -0.888. The summed E-state index contributed by atoms with van der Waals surface area (Å²) in [5, 5.41) is 4.86. The first-order valence-corrected chi connectivity index (χ1v) is 8.74. The molecular formula is C22H21NO4. The minimum atomic E-state index is -0.888. The quantitative estimate of drug-likeness (QED) is 0.653.